The number of amides is 1. The summed E-state index contributed by atoms with van der Waals surface area (Å²) in [7, 11) is -0.894. The number of carbonyl (C=O) groups is 1. The molecule has 33 heavy (non-hydrogen) atoms. The molecule has 0 aliphatic carbocycles. The van der Waals surface area contributed by atoms with E-state index in [0.29, 0.717) is 18.7 Å². The number of methoxy groups -OCH3 is 1. The summed E-state index contributed by atoms with van der Waals surface area (Å²) >= 11 is 0. The highest BCUT2D eigenvalue weighted by Gasteiger charge is 2.30. The number of carbonyl (C=O) groups excluding carboxylic acids is 1. The molecular weight excluding hydrogens is 457 g/mol. The van der Waals surface area contributed by atoms with E-state index in [9.17, 15) is 26.4 Å². The third-order valence-electron chi connectivity index (χ3n) is 5.65. The minimum Gasteiger partial charge on any atom is -0.496 e. The summed E-state index contributed by atoms with van der Waals surface area (Å²) in [6, 6.07) is 8.72. The summed E-state index contributed by atoms with van der Waals surface area (Å²) in [5, 5.41) is 0. The van der Waals surface area contributed by atoms with Crippen molar-refractivity contribution in [3.8, 4) is 5.75 Å². The second kappa shape index (κ2) is 10.1. The van der Waals surface area contributed by atoms with Crippen molar-refractivity contribution < 1.29 is 31.1 Å². The maximum Gasteiger partial charge on any atom is 0.416 e. The van der Waals surface area contributed by atoms with Gasteiger partial charge >= 0.3 is 6.18 Å². The number of ether oxygens (including phenoxy) is 1. The molecule has 0 atom stereocenters. The molecule has 180 valence electrons. The molecule has 0 N–H and O–H groups in total. The number of alkyl halides is 3. The van der Waals surface area contributed by atoms with E-state index in [0.717, 1.165) is 37.8 Å². The largest absolute Gasteiger partial charge is 0.496 e. The number of hydrogen-bond acceptors (Lipinski definition) is 4. The Hall–Kier alpha value is -2.59. The summed E-state index contributed by atoms with van der Waals surface area (Å²) < 4.78 is 71.4. The van der Waals surface area contributed by atoms with E-state index in [2.05, 4.69) is 0 Å². The van der Waals surface area contributed by atoms with Crippen molar-refractivity contribution in [3.05, 3.63) is 59.2 Å². The van der Waals surface area contributed by atoms with Gasteiger partial charge < -0.3 is 9.64 Å². The fourth-order valence-electron chi connectivity index (χ4n) is 3.80. The van der Waals surface area contributed by atoms with E-state index in [4.69, 9.17) is 4.74 Å². The van der Waals surface area contributed by atoms with Crippen LogP contribution in [0.3, 0.4) is 0 Å². The van der Waals surface area contributed by atoms with Crippen molar-refractivity contribution in [1.82, 2.24) is 9.21 Å². The fraction of sp³-hybridized carbons (Fsp3) is 0.435. The highest BCUT2D eigenvalue weighted by molar-refractivity contribution is 7.89. The van der Waals surface area contributed by atoms with Gasteiger partial charge in [-0.2, -0.15) is 17.5 Å². The van der Waals surface area contributed by atoms with Crippen LogP contribution in [0.25, 0.3) is 0 Å². The number of hydrogen-bond donors (Lipinski definition) is 0. The van der Waals surface area contributed by atoms with Gasteiger partial charge in [0.2, 0.25) is 10.0 Å². The predicted molar refractivity (Wildman–Crippen MR) is 117 cm³/mol. The van der Waals surface area contributed by atoms with E-state index in [1.807, 2.05) is 0 Å². The SMILES string of the molecule is COc1ccc(S(=O)(=O)N2CCCCCC2)cc1C(=O)N(C)Cc1ccc(C(F)(F)F)cc1. The number of benzene rings is 2. The molecule has 0 spiro atoms. The second-order valence-electron chi connectivity index (χ2n) is 8.04. The molecule has 1 amide bonds. The number of rotatable bonds is 6. The Kier molecular flexibility index (Phi) is 7.69. The Balaban J connectivity index is 1.84. The van der Waals surface area contributed by atoms with Gasteiger partial charge in [0.15, 0.2) is 0 Å². The molecule has 6 nitrogen and oxygen atoms in total. The maximum absolute atomic E-state index is 13.2. The zero-order valence-electron chi connectivity index (χ0n) is 18.6. The second-order valence-corrected chi connectivity index (χ2v) is 9.97. The minimum absolute atomic E-state index is 0.0106. The third kappa shape index (κ3) is 5.86. The lowest BCUT2D eigenvalue weighted by molar-refractivity contribution is -0.137. The molecule has 2 aromatic rings. The van der Waals surface area contributed by atoms with Crippen molar-refractivity contribution in [3.63, 3.8) is 0 Å². The van der Waals surface area contributed by atoms with Gasteiger partial charge in [0.1, 0.15) is 5.75 Å². The highest BCUT2D eigenvalue weighted by atomic mass is 32.2. The zero-order chi connectivity index (χ0) is 24.2. The quantitative estimate of drug-likeness (QED) is 0.603. The molecule has 1 aliphatic heterocycles. The van der Waals surface area contributed by atoms with Crippen LogP contribution >= 0.6 is 0 Å². The monoisotopic (exact) mass is 484 g/mol. The van der Waals surface area contributed by atoms with Crippen molar-refractivity contribution in [1.29, 1.82) is 0 Å². The molecule has 0 unspecified atom stereocenters. The molecule has 1 saturated heterocycles. The Labute approximate surface area is 192 Å². The summed E-state index contributed by atoms with van der Waals surface area (Å²) in [6.45, 7) is 0.917. The first kappa shape index (κ1) is 25.0. The van der Waals surface area contributed by atoms with Gasteiger partial charge in [0, 0.05) is 26.7 Å². The van der Waals surface area contributed by atoms with Crippen LogP contribution < -0.4 is 4.74 Å². The van der Waals surface area contributed by atoms with Crippen LogP contribution in [-0.2, 0) is 22.7 Å². The fourth-order valence-corrected chi connectivity index (χ4v) is 5.34. The summed E-state index contributed by atoms with van der Waals surface area (Å²) in [5.41, 5.74) is -0.192. The van der Waals surface area contributed by atoms with Crippen molar-refractivity contribution in [2.45, 2.75) is 43.3 Å². The molecule has 0 aromatic heterocycles. The van der Waals surface area contributed by atoms with E-state index < -0.39 is 27.7 Å². The Bertz CT molecular complexity index is 1080. The average molecular weight is 485 g/mol. The Morgan fingerprint density at radius 1 is 1.03 bits per heavy atom. The van der Waals surface area contributed by atoms with E-state index in [1.54, 1.807) is 0 Å². The molecule has 0 saturated carbocycles. The summed E-state index contributed by atoms with van der Waals surface area (Å²) in [5.74, 6) is -0.284. The van der Waals surface area contributed by atoms with E-state index in [1.165, 1.54) is 53.7 Å². The lowest BCUT2D eigenvalue weighted by atomic mass is 10.1. The van der Waals surface area contributed by atoms with E-state index in [-0.39, 0.29) is 22.8 Å². The lowest BCUT2D eigenvalue weighted by Crippen LogP contribution is -2.32. The normalized spacial score (nSPS) is 15.7. The van der Waals surface area contributed by atoms with Crippen LogP contribution in [0, 0.1) is 0 Å². The summed E-state index contributed by atoms with van der Waals surface area (Å²) in [6.07, 6.45) is -0.902. The summed E-state index contributed by atoms with van der Waals surface area (Å²) in [4.78, 5) is 14.4. The van der Waals surface area contributed by atoms with Crippen LogP contribution in [0.2, 0.25) is 0 Å². The van der Waals surface area contributed by atoms with Crippen molar-refractivity contribution in [2.24, 2.45) is 0 Å². The molecule has 1 aliphatic rings. The topological polar surface area (TPSA) is 66.9 Å². The molecule has 2 aromatic carbocycles. The lowest BCUT2D eigenvalue weighted by Gasteiger charge is -2.22. The van der Waals surface area contributed by atoms with Gasteiger partial charge in [-0.05, 0) is 48.7 Å². The van der Waals surface area contributed by atoms with Gasteiger partial charge in [-0.1, -0.05) is 25.0 Å². The number of halogens is 3. The van der Waals surface area contributed by atoms with Gasteiger partial charge in [-0.15, -0.1) is 0 Å². The number of nitrogens with zero attached hydrogens (tertiary/aromatic N) is 2. The van der Waals surface area contributed by atoms with Gasteiger partial charge in [-0.25, -0.2) is 8.42 Å². The first-order chi connectivity index (χ1) is 15.5. The molecule has 3 rings (SSSR count). The molecule has 1 heterocycles. The Morgan fingerprint density at radius 3 is 2.18 bits per heavy atom. The molecular formula is C23H27F3N2O4S. The van der Waals surface area contributed by atoms with Crippen LogP contribution in [0.4, 0.5) is 13.2 Å². The van der Waals surface area contributed by atoms with Gasteiger partial charge in [0.25, 0.3) is 5.91 Å². The van der Waals surface area contributed by atoms with Crippen molar-refractivity contribution >= 4 is 15.9 Å². The van der Waals surface area contributed by atoms with Gasteiger partial charge in [0.05, 0.1) is 23.1 Å². The van der Waals surface area contributed by atoms with Crippen molar-refractivity contribution in [2.75, 3.05) is 27.2 Å². The van der Waals surface area contributed by atoms with Crippen LogP contribution in [0.5, 0.6) is 5.75 Å². The van der Waals surface area contributed by atoms with Crippen LogP contribution in [0.1, 0.15) is 47.2 Å². The molecule has 0 radical (unpaired) electrons. The number of sulfonamides is 1. The van der Waals surface area contributed by atoms with Gasteiger partial charge in [-0.3, -0.25) is 4.79 Å². The minimum atomic E-state index is -4.44. The average Bonchev–Trinajstić information content (AvgIpc) is 3.08. The first-order valence-corrected chi connectivity index (χ1v) is 12.1. The zero-order valence-corrected chi connectivity index (χ0v) is 19.4. The molecule has 1 fully saturated rings. The highest BCUT2D eigenvalue weighted by Crippen LogP contribution is 2.30. The standard InChI is InChI=1S/C23H27F3N2O4S/c1-27(16-17-7-9-18(10-8-17)23(24,25)26)22(29)20-15-19(11-12-21(20)32-2)33(30,31)28-13-5-3-4-6-14-28/h7-12,15H,3-6,13-14,16H2,1-2H3. The third-order valence-corrected chi connectivity index (χ3v) is 7.55. The van der Waals surface area contributed by atoms with Crippen LogP contribution in [0.15, 0.2) is 47.4 Å². The maximum atomic E-state index is 13.2. The smallest absolute Gasteiger partial charge is 0.416 e. The molecule has 10 heteroatoms. The van der Waals surface area contributed by atoms with E-state index >= 15 is 0 Å². The van der Waals surface area contributed by atoms with Crippen LogP contribution in [-0.4, -0.2) is 50.8 Å². The predicted octanol–water partition coefficient (Wildman–Crippen LogP) is 4.55. The molecule has 0 bridgehead atoms. The Morgan fingerprint density at radius 2 is 1.64 bits per heavy atom. The first-order valence-electron chi connectivity index (χ1n) is 10.6.